The van der Waals surface area contributed by atoms with Gasteiger partial charge in [0.15, 0.2) is 0 Å². The van der Waals surface area contributed by atoms with Crippen LogP contribution in [0.15, 0.2) is 29.3 Å². The lowest BCUT2D eigenvalue weighted by Crippen LogP contribution is -2.15. The van der Waals surface area contributed by atoms with Crippen LogP contribution in [0, 0.1) is 11.8 Å². The Kier molecular flexibility index (Phi) is 6.42. The Morgan fingerprint density at radius 3 is 2.20 bits per heavy atom. The number of rotatable bonds is 6. The molecular formula is C18H25NS. The van der Waals surface area contributed by atoms with E-state index in [1.54, 1.807) is 0 Å². The zero-order valence-electron chi connectivity index (χ0n) is 12.5. The van der Waals surface area contributed by atoms with Gasteiger partial charge in [-0.05, 0) is 54.6 Å². The minimum absolute atomic E-state index is 0.906. The molecular weight excluding hydrogens is 262 g/mol. The van der Waals surface area contributed by atoms with Crippen molar-refractivity contribution in [1.82, 2.24) is 0 Å². The van der Waals surface area contributed by atoms with Crippen LogP contribution in [-0.4, -0.2) is 5.16 Å². The monoisotopic (exact) mass is 287 g/mol. The second kappa shape index (κ2) is 8.34. The number of benzene rings is 1. The van der Waals surface area contributed by atoms with Crippen molar-refractivity contribution in [2.24, 2.45) is 16.8 Å². The number of aryl methyl sites for hydroxylation is 1. The predicted octanol–water partition coefficient (Wildman–Crippen LogP) is 5.96. The summed E-state index contributed by atoms with van der Waals surface area (Å²) in [5, 5.41) is 2.41. The Bertz CT molecular complexity index is 437. The molecule has 1 aliphatic rings. The van der Waals surface area contributed by atoms with Gasteiger partial charge in [0, 0.05) is 0 Å². The van der Waals surface area contributed by atoms with Crippen LogP contribution in [0.25, 0.3) is 0 Å². The summed E-state index contributed by atoms with van der Waals surface area (Å²) < 4.78 is 0. The minimum atomic E-state index is 0.906. The average molecular weight is 287 g/mol. The normalized spacial score (nSPS) is 22.2. The first-order valence-corrected chi connectivity index (χ1v) is 8.39. The highest BCUT2D eigenvalue weighted by Crippen LogP contribution is 2.33. The summed E-state index contributed by atoms with van der Waals surface area (Å²) in [6.07, 6.45) is 11.1. The predicted molar refractivity (Wildman–Crippen MR) is 89.8 cm³/mol. The van der Waals surface area contributed by atoms with Gasteiger partial charge in [-0.1, -0.05) is 57.6 Å². The molecule has 0 bridgehead atoms. The molecule has 1 nitrogen and oxygen atoms in total. The summed E-state index contributed by atoms with van der Waals surface area (Å²) in [5.74, 6) is 1.96. The van der Waals surface area contributed by atoms with Gasteiger partial charge >= 0.3 is 0 Å². The van der Waals surface area contributed by atoms with Crippen molar-refractivity contribution >= 4 is 23.1 Å². The van der Waals surface area contributed by atoms with Crippen molar-refractivity contribution < 1.29 is 0 Å². The molecule has 0 spiro atoms. The fourth-order valence-electron chi connectivity index (χ4n) is 3.38. The molecule has 1 saturated carbocycles. The van der Waals surface area contributed by atoms with E-state index in [2.05, 4.69) is 41.4 Å². The van der Waals surface area contributed by atoms with E-state index in [4.69, 9.17) is 0 Å². The highest BCUT2D eigenvalue weighted by atomic mass is 32.1. The smallest absolute Gasteiger partial charge is 0.0739 e. The molecule has 0 saturated heterocycles. The first-order chi connectivity index (χ1) is 9.81. The van der Waals surface area contributed by atoms with Gasteiger partial charge in [0.1, 0.15) is 0 Å². The van der Waals surface area contributed by atoms with Gasteiger partial charge in [0.25, 0.3) is 0 Å². The molecule has 0 atom stereocenters. The Morgan fingerprint density at radius 1 is 1.05 bits per heavy atom. The Balaban J connectivity index is 1.74. The van der Waals surface area contributed by atoms with E-state index in [0.29, 0.717) is 0 Å². The molecule has 0 unspecified atom stereocenters. The van der Waals surface area contributed by atoms with Crippen LogP contribution in [0.1, 0.15) is 57.4 Å². The average Bonchev–Trinajstić information content (AvgIpc) is 2.49. The van der Waals surface area contributed by atoms with Gasteiger partial charge in [-0.15, -0.1) is 0 Å². The highest BCUT2D eigenvalue weighted by molar-refractivity contribution is 7.78. The van der Waals surface area contributed by atoms with E-state index < -0.39 is 0 Å². The summed E-state index contributed by atoms with van der Waals surface area (Å²) in [6.45, 7) is 2.31. The molecule has 0 aliphatic heterocycles. The van der Waals surface area contributed by atoms with E-state index in [1.165, 1.54) is 56.9 Å². The van der Waals surface area contributed by atoms with Crippen LogP contribution in [0.5, 0.6) is 0 Å². The minimum Gasteiger partial charge on any atom is -0.195 e. The molecule has 0 radical (unpaired) electrons. The number of isothiocyanates is 1. The number of hydrogen-bond acceptors (Lipinski definition) is 2. The molecule has 0 heterocycles. The fourth-order valence-corrected chi connectivity index (χ4v) is 3.48. The molecule has 1 fully saturated rings. The van der Waals surface area contributed by atoms with Crippen LogP contribution < -0.4 is 0 Å². The molecule has 2 heteroatoms. The summed E-state index contributed by atoms with van der Waals surface area (Å²) in [4.78, 5) is 3.99. The molecule has 20 heavy (non-hydrogen) atoms. The van der Waals surface area contributed by atoms with E-state index in [9.17, 15) is 0 Å². The summed E-state index contributed by atoms with van der Waals surface area (Å²) >= 11 is 4.61. The third-order valence-corrected chi connectivity index (χ3v) is 4.71. The highest BCUT2D eigenvalue weighted by Gasteiger charge is 2.20. The van der Waals surface area contributed by atoms with Gasteiger partial charge < -0.3 is 0 Å². The second-order valence-corrected chi connectivity index (χ2v) is 6.27. The summed E-state index contributed by atoms with van der Waals surface area (Å²) in [5.41, 5.74) is 2.33. The van der Waals surface area contributed by atoms with Gasteiger partial charge in [-0.3, -0.25) is 0 Å². The summed E-state index contributed by atoms with van der Waals surface area (Å²) in [6, 6.07) is 8.42. The maximum Gasteiger partial charge on any atom is 0.0739 e. The maximum atomic E-state index is 4.61. The lowest BCUT2D eigenvalue weighted by molar-refractivity contribution is 0.252. The van der Waals surface area contributed by atoms with Crippen molar-refractivity contribution in [2.45, 2.75) is 58.3 Å². The number of nitrogens with zero attached hydrogens (tertiary/aromatic N) is 1. The molecule has 0 aromatic heterocycles. The number of hydrogen-bond donors (Lipinski definition) is 0. The number of thiocarbonyl (C=S) groups is 1. The topological polar surface area (TPSA) is 12.4 Å². The largest absolute Gasteiger partial charge is 0.195 e. The quantitative estimate of drug-likeness (QED) is 0.464. The van der Waals surface area contributed by atoms with Gasteiger partial charge in [-0.25, -0.2) is 0 Å². The van der Waals surface area contributed by atoms with Crippen LogP contribution >= 0.6 is 12.2 Å². The van der Waals surface area contributed by atoms with Crippen molar-refractivity contribution in [2.75, 3.05) is 0 Å². The fraction of sp³-hybridized carbons (Fsp3) is 0.611. The van der Waals surface area contributed by atoms with Crippen LogP contribution in [0.4, 0.5) is 5.69 Å². The van der Waals surface area contributed by atoms with E-state index in [1.807, 2.05) is 12.1 Å². The molecule has 1 aromatic carbocycles. The van der Waals surface area contributed by atoms with Gasteiger partial charge in [-0.2, -0.15) is 4.99 Å². The third-order valence-electron chi connectivity index (χ3n) is 4.62. The first-order valence-electron chi connectivity index (χ1n) is 7.98. The second-order valence-electron chi connectivity index (χ2n) is 6.08. The lowest BCUT2D eigenvalue weighted by atomic mass is 9.78. The lowest BCUT2D eigenvalue weighted by Gasteiger charge is -2.28. The Hall–Kier alpha value is -0.980. The van der Waals surface area contributed by atoms with Gasteiger partial charge in [0.05, 0.1) is 10.8 Å². The molecule has 108 valence electrons. The van der Waals surface area contributed by atoms with E-state index in [0.717, 1.165) is 17.5 Å². The van der Waals surface area contributed by atoms with Crippen molar-refractivity contribution in [3.63, 3.8) is 0 Å². The summed E-state index contributed by atoms with van der Waals surface area (Å²) in [7, 11) is 0. The van der Waals surface area contributed by atoms with Crippen LogP contribution in [-0.2, 0) is 6.42 Å². The SMILES string of the molecule is CCCC1CCC(CCc2ccc(N=C=S)cc2)CC1. The van der Waals surface area contributed by atoms with E-state index in [-0.39, 0.29) is 0 Å². The molecule has 2 rings (SSSR count). The Morgan fingerprint density at radius 2 is 1.65 bits per heavy atom. The van der Waals surface area contributed by atoms with E-state index >= 15 is 0 Å². The molecule has 1 aliphatic carbocycles. The third kappa shape index (κ3) is 4.85. The Labute approximate surface area is 128 Å². The molecule has 1 aromatic rings. The maximum absolute atomic E-state index is 4.61. The number of aliphatic imine (C=N–C) groups is 1. The zero-order chi connectivity index (χ0) is 14.2. The van der Waals surface area contributed by atoms with Crippen LogP contribution in [0.2, 0.25) is 0 Å². The zero-order valence-corrected chi connectivity index (χ0v) is 13.3. The van der Waals surface area contributed by atoms with Crippen molar-refractivity contribution in [1.29, 1.82) is 0 Å². The van der Waals surface area contributed by atoms with Crippen LogP contribution in [0.3, 0.4) is 0 Å². The van der Waals surface area contributed by atoms with Crippen molar-refractivity contribution in [3.05, 3.63) is 29.8 Å². The molecule has 0 N–H and O–H groups in total. The van der Waals surface area contributed by atoms with Crippen molar-refractivity contribution in [3.8, 4) is 0 Å². The standard InChI is InChI=1S/C18H25NS/c1-2-3-15-4-6-16(7-5-15)8-9-17-10-12-18(13-11-17)19-14-20/h10-13,15-16H,2-9H2,1H3. The molecule has 0 amide bonds. The first kappa shape index (κ1) is 15.4. The van der Waals surface area contributed by atoms with Gasteiger partial charge in [0.2, 0.25) is 0 Å².